The second-order valence-electron chi connectivity index (χ2n) is 8.33. The molecule has 2 fully saturated rings. The van der Waals surface area contributed by atoms with E-state index in [1.807, 2.05) is 19.1 Å². The van der Waals surface area contributed by atoms with Gasteiger partial charge in [-0.2, -0.15) is 4.31 Å². The van der Waals surface area contributed by atoms with E-state index >= 15 is 0 Å². The van der Waals surface area contributed by atoms with Gasteiger partial charge in [-0.15, -0.1) is 11.3 Å². The van der Waals surface area contributed by atoms with Gasteiger partial charge >= 0.3 is 0 Å². The van der Waals surface area contributed by atoms with E-state index in [1.54, 1.807) is 22.4 Å². The highest BCUT2D eigenvalue weighted by Gasteiger charge is 2.43. The summed E-state index contributed by atoms with van der Waals surface area (Å²) in [4.78, 5) is 20.3. The molecule has 2 saturated heterocycles. The molecule has 176 valence electrons. The highest BCUT2D eigenvalue weighted by molar-refractivity contribution is 7.91. The Balaban J connectivity index is 1.52. The Bertz CT molecular complexity index is 1230. The van der Waals surface area contributed by atoms with Gasteiger partial charge in [-0.3, -0.25) is 9.69 Å². The summed E-state index contributed by atoms with van der Waals surface area (Å²) in [6.07, 6.45) is 2.83. The number of sulfonamides is 1. The first-order valence-electron chi connectivity index (χ1n) is 10.9. The van der Waals surface area contributed by atoms with E-state index < -0.39 is 16.1 Å². The third-order valence-corrected chi connectivity index (χ3v) is 11.0. The van der Waals surface area contributed by atoms with Crippen LogP contribution in [0.2, 0.25) is 5.02 Å². The molecule has 2 unspecified atom stereocenters. The highest BCUT2D eigenvalue weighted by atomic mass is 35.5. The number of carbonyl (C=O) groups excluding carboxylic acids is 1. The SMILES string of the molecule is Cc1ccc(Cl)c2sc(N(CC3CCCO3)C(=O)C3CCCN3S(=O)(=O)c3cccs3)nc12. The van der Waals surface area contributed by atoms with Crippen LogP contribution in [0.25, 0.3) is 10.2 Å². The van der Waals surface area contributed by atoms with E-state index in [2.05, 4.69) is 0 Å². The van der Waals surface area contributed by atoms with Crippen molar-refractivity contribution in [2.24, 2.45) is 0 Å². The number of rotatable bonds is 6. The fourth-order valence-electron chi connectivity index (χ4n) is 4.44. The van der Waals surface area contributed by atoms with Crippen LogP contribution in [0.15, 0.2) is 33.9 Å². The molecule has 1 amide bonds. The van der Waals surface area contributed by atoms with Gasteiger partial charge in [0.1, 0.15) is 10.3 Å². The van der Waals surface area contributed by atoms with Crippen molar-refractivity contribution in [1.82, 2.24) is 9.29 Å². The molecule has 2 atom stereocenters. The number of halogens is 1. The third kappa shape index (κ3) is 4.33. The van der Waals surface area contributed by atoms with Crippen LogP contribution in [0.5, 0.6) is 0 Å². The summed E-state index contributed by atoms with van der Waals surface area (Å²) >= 11 is 8.95. The van der Waals surface area contributed by atoms with Gasteiger partial charge in [0.25, 0.3) is 10.0 Å². The van der Waals surface area contributed by atoms with Crippen LogP contribution in [0, 0.1) is 6.92 Å². The summed E-state index contributed by atoms with van der Waals surface area (Å²) in [6, 6.07) is 6.28. The number of fused-ring (bicyclic) bond motifs is 1. The molecule has 7 nitrogen and oxygen atoms in total. The molecular weight excluding hydrogens is 502 g/mol. The van der Waals surface area contributed by atoms with Crippen LogP contribution in [0.3, 0.4) is 0 Å². The zero-order valence-corrected chi connectivity index (χ0v) is 21.3. The number of anilines is 1. The quantitative estimate of drug-likeness (QED) is 0.466. The monoisotopic (exact) mass is 525 g/mol. The van der Waals surface area contributed by atoms with Crippen LogP contribution in [-0.2, 0) is 19.6 Å². The van der Waals surface area contributed by atoms with E-state index in [-0.39, 0.29) is 16.2 Å². The number of ether oxygens (including phenoxy) is 1. The van der Waals surface area contributed by atoms with Crippen LogP contribution < -0.4 is 4.90 Å². The van der Waals surface area contributed by atoms with Crippen molar-refractivity contribution in [2.45, 2.75) is 49.0 Å². The summed E-state index contributed by atoms with van der Waals surface area (Å²) < 4.78 is 34.8. The number of nitrogens with zero attached hydrogens (tertiary/aromatic N) is 3. The zero-order valence-electron chi connectivity index (χ0n) is 18.1. The number of thiophene rings is 1. The van der Waals surface area contributed by atoms with E-state index in [4.69, 9.17) is 21.3 Å². The molecule has 0 radical (unpaired) electrons. The topological polar surface area (TPSA) is 79.8 Å². The average molecular weight is 526 g/mol. The Morgan fingerprint density at radius 1 is 1.30 bits per heavy atom. The van der Waals surface area contributed by atoms with E-state index in [1.165, 1.54) is 27.0 Å². The molecule has 0 bridgehead atoms. The Labute approximate surface area is 206 Å². The van der Waals surface area contributed by atoms with Gasteiger partial charge in [0.2, 0.25) is 5.91 Å². The second kappa shape index (κ2) is 9.24. The van der Waals surface area contributed by atoms with Gasteiger partial charge in [0, 0.05) is 13.2 Å². The largest absolute Gasteiger partial charge is 0.376 e. The molecule has 2 aliphatic rings. The Morgan fingerprint density at radius 2 is 2.15 bits per heavy atom. The first-order valence-corrected chi connectivity index (χ1v) is 14.4. The van der Waals surface area contributed by atoms with Crippen LogP contribution in [-0.4, -0.2) is 55.5 Å². The zero-order chi connectivity index (χ0) is 23.2. The average Bonchev–Trinajstić information content (AvgIpc) is 3.60. The third-order valence-electron chi connectivity index (χ3n) is 6.14. The summed E-state index contributed by atoms with van der Waals surface area (Å²) in [7, 11) is -3.74. The maximum atomic E-state index is 13.9. The van der Waals surface area contributed by atoms with Gasteiger partial charge in [0.05, 0.1) is 27.9 Å². The number of amides is 1. The van der Waals surface area contributed by atoms with Crippen molar-refractivity contribution in [1.29, 1.82) is 0 Å². The minimum atomic E-state index is -3.74. The Kier molecular flexibility index (Phi) is 6.49. The number of hydrogen-bond acceptors (Lipinski definition) is 7. The van der Waals surface area contributed by atoms with Crippen molar-refractivity contribution in [3.05, 3.63) is 40.2 Å². The summed E-state index contributed by atoms with van der Waals surface area (Å²) in [5.74, 6) is -0.254. The second-order valence-corrected chi connectivity index (χ2v) is 12.8. The van der Waals surface area contributed by atoms with Crippen molar-refractivity contribution in [3.8, 4) is 0 Å². The molecule has 4 heterocycles. The molecule has 2 aliphatic heterocycles. The smallest absolute Gasteiger partial charge is 0.253 e. The molecule has 0 spiro atoms. The van der Waals surface area contributed by atoms with Gasteiger partial charge in [-0.1, -0.05) is 35.1 Å². The molecule has 0 aliphatic carbocycles. The number of hydrogen-bond donors (Lipinski definition) is 0. The normalized spacial score (nSPS) is 21.8. The van der Waals surface area contributed by atoms with Crippen LogP contribution in [0.4, 0.5) is 5.13 Å². The lowest BCUT2D eigenvalue weighted by Gasteiger charge is -2.29. The molecular formula is C22H24ClN3O4S3. The van der Waals surface area contributed by atoms with Gasteiger partial charge in [0.15, 0.2) is 5.13 Å². The van der Waals surface area contributed by atoms with Crippen molar-refractivity contribution in [3.63, 3.8) is 0 Å². The standard InChI is InChI=1S/C22H24ClN3O4S3/c1-14-8-9-16(23)20-19(14)24-22(32-20)25(13-15-5-3-11-30-15)21(27)17-6-2-10-26(17)33(28,29)18-7-4-12-31-18/h4,7-9,12,15,17H,2-3,5-6,10-11,13H2,1H3. The highest BCUT2D eigenvalue weighted by Crippen LogP contribution is 2.37. The molecule has 0 N–H and O–H groups in total. The van der Waals surface area contributed by atoms with Crippen molar-refractivity contribution in [2.75, 3.05) is 24.6 Å². The van der Waals surface area contributed by atoms with Gasteiger partial charge in [-0.05, 0) is 55.7 Å². The maximum Gasteiger partial charge on any atom is 0.253 e. The van der Waals surface area contributed by atoms with E-state index in [0.29, 0.717) is 42.7 Å². The lowest BCUT2D eigenvalue weighted by Crippen LogP contribution is -2.49. The van der Waals surface area contributed by atoms with E-state index in [9.17, 15) is 13.2 Å². The molecule has 5 rings (SSSR count). The molecule has 1 aromatic carbocycles. The lowest BCUT2D eigenvalue weighted by atomic mass is 10.2. The summed E-state index contributed by atoms with van der Waals surface area (Å²) in [5.41, 5.74) is 1.74. The number of aromatic nitrogens is 1. The first-order chi connectivity index (χ1) is 15.9. The number of carbonyl (C=O) groups is 1. The molecule has 11 heteroatoms. The van der Waals surface area contributed by atoms with Crippen LogP contribution >= 0.6 is 34.3 Å². The summed E-state index contributed by atoms with van der Waals surface area (Å²) in [6.45, 7) is 3.30. The van der Waals surface area contributed by atoms with Gasteiger partial charge in [-0.25, -0.2) is 13.4 Å². The minimum Gasteiger partial charge on any atom is -0.376 e. The van der Waals surface area contributed by atoms with E-state index in [0.717, 1.165) is 28.6 Å². The number of benzene rings is 1. The number of thiazole rings is 1. The number of aryl methyl sites for hydroxylation is 1. The predicted molar refractivity (Wildman–Crippen MR) is 132 cm³/mol. The van der Waals surface area contributed by atoms with Crippen molar-refractivity contribution >= 4 is 65.6 Å². The molecule has 2 aromatic heterocycles. The maximum absolute atomic E-state index is 13.9. The minimum absolute atomic E-state index is 0.0960. The molecule has 3 aromatic rings. The van der Waals surface area contributed by atoms with Crippen molar-refractivity contribution < 1.29 is 17.9 Å². The fraction of sp³-hybridized carbons (Fsp3) is 0.455. The van der Waals surface area contributed by atoms with Gasteiger partial charge < -0.3 is 4.74 Å². The fourth-order valence-corrected chi connectivity index (χ4v) is 8.54. The molecule has 33 heavy (non-hydrogen) atoms. The Morgan fingerprint density at radius 3 is 2.85 bits per heavy atom. The molecule has 0 saturated carbocycles. The van der Waals surface area contributed by atoms with Crippen LogP contribution in [0.1, 0.15) is 31.2 Å². The predicted octanol–water partition coefficient (Wildman–Crippen LogP) is 4.68. The lowest BCUT2D eigenvalue weighted by molar-refractivity contribution is -0.122. The Hall–Kier alpha value is -1.56. The first kappa shape index (κ1) is 23.2. The summed E-state index contributed by atoms with van der Waals surface area (Å²) in [5, 5.41) is 2.85.